The zero-order valence-electron chi connectivity index (χ0n) is 10.8. The van der Waals surface area contributed by atoms with Crippen molar-refractivity contribution in [2.45, 2.75) is 46.0 Å². The summed E-state index contributed by atoms with van der Waals surface area (Å²) in [6.45, 7) is 4.60. The van der Waals surface area contributed by atoms with Crippen LogP contribution in [0.5, 0.6) is 0 Å². The lowest BCUT2D eigenvalue weighted by Gasteiger charge is -2.33. The van der Waals surface area contributed by atoms with Crippen molar-refractivity contribution in [2.24, 2.45) is 11.3 Å². The summed E-state index contributed by atoms with van der Waals surface area (Å²) in [7, 11) is 0. The molecule has 0 unspecified atom stereocenters. The summed E-state index contributed by atoms with van der Waals surface area (Å²) in [6.07, 6.45) is 6.72. The molecule has 1 aromatic rings. The van der Waals surface area contributed by atoms with Crippen LogP contribution < -0.4 is 0 Å². The topological polar surface area (TPSA) is 30.0 Å². The predicted octanol–water partition coefficient (Wildman–Crippen LogP) is 3.41. The second-order valence-electron chi connectivity index (χ2n) is 5.90. The molecular formula is C15H21NO. The molecule has 0 amide bonds. The van der Waals surface area contributed by atoms with E-state index in [2.05, 4.69) is 18.8 Å². The van der Waals surface area contributed by atoms with Crippen LogP contribution in [0.2, 0.25) is 0 Å². The first kappa shape index (κ1) is 12.3. The molecule has 0 bridgehead atoms. The van der Waals surface area contributed by atoms with E-state index in [0.29, 0.717) is 17.6 Å². The number of ketones is 1. The summed E-state index contributed by atoms with van der Waals surface area (Å²) in [5.74, 6) is 0.643. The highest BCUT2D eigenvalue weighted by molar-refractivity contribution is 5.82. The summed E-state index contributed by atoms with van der Waals surface area (Å²) in [6, 6.07) is 5.77. The molecule has 2 rings (SSSR count). The first-order valence-electron chi connectivity index (χ1n) is 6.49. The smallest absolute Gasteiger partial charge is 0.141 e. The Bertz CT molecular complexity index is 373. The molecule has 0 aromatic carbocycles. The second-order valence-corrected chi connectivity index (χ2v) is 5.90. The molecule has 1 heterocycles. The number of carbonyl (C=O) groups excluding carboxylic acids is 1. The van der Waals surface area contributed by atoms with E-state index in [-0.39, 0.29) is 5.92 Å². The fourth-order valence-corrected chi connectivity index (χ4v) is 2.55. The summed E-state index contributed by atoms with van der Waals surface area (Å²) in [5.41, 5.74) is 1.34. The number of hydrogen-bond acceptors (Lipinski definition) is 2. The number of pyridine rings is 1. The van der Waals surface area contributed by atoms with E-state index in [0.717, 1.165) is 18.5 Å². The molecule has 92 valence electrons. The molecule has 17 heavy (non-hydrogen) atoms. The predicted molar refractivity (Wildman–Crippen MR) is 68.7 cm³/mol. The van der Waals surface area contributed by atoms with Gasteiger partial charge in [-0.15, -0.1) is 0 Å². The van der Waals surface area contributed by atoms with Crippen LogP contribution in [-0.4, -0.2) is 10.8 Å². The largest absolute Gasteiger partial charge is 0.299 e. The molecule has 1 aliphatic rings. The van der Waals surface area contributed by atoms with Gasteiger partial charge in [0.2, 0.25) is 0 Å². The molecule has 2 nitrogen and oxygen atoms in total. The van der Waals surface area contributed by atoms with E-state index in [1.54, 1.807) is 6.20 Å². The van der Waals surface area contributed by atoms with Crippen molar-refractivity contribution in [2.75, 3.05) is 0 Å². The van der Waals surface area contributed by atoms with E-state index in [4.69, 9.17) is 0 Å². The Morgan fingerprint density at radius 1 is 1.35 bits per heavy atom. The Morgan fingerprint density at radius 3 is 2.65 bits per heavy atom. The minimum Gasteiger partial charge on any atom is -0.299 e. The average molecular weight is 231 g/mol. The molecule has 1 fully saturated rings. The zero-order valence-corrected chi connectivity index (χ0v) is 10.8. The summed E-state index contributed by atoms with van der Waals surface area (Å²) in [5, 5.41) is 0. The van der Waals surface area contributed by atoms with Crippen molar-refractivity contribution in [3.8, 4) is 0 Å². The van der Waals surface area contributed by atoms with Gasteiger partial charge < -0.3 is 0 Å². The lowest BCUT2D eigenvalue weighted by molar-refractivity contribution is -0.123. The molecule has 0 aliphatic heterocycles. The van der Waals surface area contributed by atoms with Gasteiger partial charge >= 0.3 is 0 Å². The molecule has 0 atom stereocenters. The maximum Gasteiger partial charge on any atom is 0.141 e. The quantitative estimate of drug-likeness (QED) is 0.798. The number of rotatable bonds is 3. The fraction of sp³-hybridized carbons (Fsp3) is 0.600. The Morgan fingerprint density at radius 2 is 2.06 bits per heavy atom. The van der Waals surface area contributed by atoms with Crippen molar-refractivity contribution in [1.82, 2.24) is 4.98 Å². The van der Waals surface area contributed by atoms with Crippen LogP contribution in [0.15, 0.2) is 24.4 Å². The van der Waals surface area contributed by atoms with Crippen molar-refractivity contribution in [1.29, 1.82) is 0 Å². The Balaban J connectivity index is 1.90. The van der Waals surface area contributed by atoms with Crippen LogP contribution >= 0.6 is 0 Å². The van der Waals surface area contributed by atoms with Gasteiger partial charge in [-0.3, -0.25) is 9.78 Å². The summed E-state index contributed by atoms with van der Waals surface area (Å²) in [4.78, 5) is 16.4. The number of hydrogen-bond donors (Lipinski definition) is 0. The molecule has 0 saturated heterocycles. The fourth-order valence-electron chi connectivity index (χ4n) is 2.55. The highest BCUT2D eigenvalue weighted by Crippen LogP contribution is 2.38. The molecule has 1 saturated carbocycles. The third kappa shape index (κ3) is 3.39. The van der Waals surface area contributed by atoms with Crippen LogP contribution in [0.25, 0.3) is 0 Å². The first-order valence-corrected chi connectivity index (χ1v) is 6.49. The van der Waals surface area contributed by atoms with Crippen molar-refractivity contribution >= 4 is 5.78 Å². The number of nitrogens with zero attached hydrogens (tertiary/aromatic N) is 1. The Hall–Kier alpha value is -1.18. The van der Waals surface area contributed by atoms with Crippen LogP contribution in [-0.2, 0) is 11.2 Å². The van der Waals surface area contributed by atoms with Gasteiger partial charge in [0.05, 0.1) is 0 Å². The molecule has 0 spiro atoms. The van der Waals surface area contributed by atoms with Crippen molar-refractivity contribution < 1.29 is 4.79 Å². The van der Waals surface area contributed by atoms with Gasteiger partial charge in [0.1, 0.15) is 5.78 Å². The van der Waals surface area contributed by atoms with E-state index < -0.39 is 0 Å². The number of Topliss-reactive ketones (excluding diaryl/α,β-unsaturated/α-hetero) is 1. The minimum atomic E-state index is 0.269. The second kappa shape index (κ2) is 4.99. The first-order chi connectivity index (χ1) is 8.07. The summed E-state index contributed by atoms with van der Waals surface area (Å²) >= 11 is 0. The normalized spacial score (nSPS) is 20.1. The van der Waals surface area contributed by atoms with Crippen LogP contribution in [0, 0.1) is 11.3 Å². The maximum absolute atomic E-state index is 12.1. The van der Waals surface area contributed by atoms with Gasteiger partial charge in [-0.05, 0) is 43.2 Å². The van der Waals surface area contributed by atoms with E-state index in [1.807, 2.05) is 18.2 Å². The van der Waals surface area contributed by atoms with E-state index in [9.17, 15) is 4.79 Å². The molecule has 1 aliphatic carbocycles. The number of aromatic nitrogens is 1. The van der Waals surface area contributed by atoms with Crippen LogP contribution in [0.3, 0.4) is 0 Å². The minimum absolute atomic E-state index is 0.269. The average Bonchev–Trinajstić information content (AvgIpc) is 2.30. The van der Waals surface area contributed by atoms with E-state index >= 15 is 0 Å². The highest BCUT2D eigenvalue weighted by Gasteiger charge is 2.30. The van der Waals surface area contributed by atoms with E-state index in [1.165, 1.54) is 12.8 Å². The molecule has 0 radical (unpaired) electrons. The Kier molecular flexibility index (Phi) is 3.60. The lowest BCUT2D eigenvalue weighted by atomic mass is 9.71. The Labute approximate surface area is 103 Å². The van der Waals surface area contributed by atoms with Gasteiger partial charge in [-0.25, -0.2) is 0 Å². The standard InChI is InChI=1S/C15H21NO/c1-15(2)8-6-12(7-9-15)14(17)11-13-5-3-4-10-16-13/h3-5,10,12H,6-9,11H2,1-2H3. The lowest BCUT2D eigenvalue weighted by Crippen LogP contribution is -2.27. The number of carbonyl (C=O) groups is 1. The van der Waals surface area contributed by atoms with Gasteiger partial charge in [-0.1, -0.05) is 19.9 Å². The van der Waals surface area contributed by atoms with Gasteiger partial charge in [0, 0.05) is 24.2 Å². The molecule has 0 N–H and O–H groups in total. The summed E-state index contributed by atoms with van der Waals surface area (Å²) < 4.78 is 0. The zero-order chi connectivity index (χ0) is 12.3. The third-order valence-electron chi connectivity index (χ3n) is 3.88. The van der Waals surface area contributed by atoms with Crippen molar-refractivity contribution in [3.63, 3.8) is 0 Å². The van der Waals surface area contributed by atoms with Gasteiger partial charge in [0.25, 0.3) is 0 Å². The SMILES string of the molecule is CC1(C)CCC(C(=O)Cc2ccccn2)CC1. The van der Waals surface area contributed by atoms with Gasteiger partial charge in [-0.2, -0.15) is 0 Å². The third-order valence-corrected chi connectivity index (χ3v) is 3.88. The van der Waals surface area contributed by atoms with Gasteiger partial charge in [0.15, 0.2) is 0 Å². The van der Waals surface area contributed by atoms with Crippen molar-refractivity contribution in [3.05, 3.63) is 30.1 Å². The molecule has 1 aromatic heterocycles. The molecular weight excluding hydrogens is 210 g/mol. The molecule has 2 heteroatoms. The van der Waals surface area contributed by atoms with Crippen LogP contribution in [0.1, 0.15) is 45.2 Å². The monoisotopic (exact) mass is 231 g/mol. The maximum atomic E-state index is 12.1. The highest BCUT2D eigenvalue weighted by atomic mass is 16.1. The van der Waals surface area contributed by atoms with Crippen LogP contribution in [0.4, 0.5) is 0 Å².